The van der Waals surface area contributed by atoms with Crippen LogP contribution in [0.5, 0.6) is 0 Å². The third-order valence-corrected chi connectivity index (χ3v) is 5.59. The van der Waals surface area contributed by atoms with Crippen molar-refractivity contribution in [1.29, 1.82) is 0 Å². The summed E-state index contributed by atoms with van der Waals surface area (Å²) >= 11 is 0. The maximum atomic E-state index is 4.00. The van der Waals surface area contributed by atoms with Gasteiger partial charge in [0.1, 0.15) is 0 Å². The van der Waals surface area contributed by atoms with Crippen LogP contribution in [0.3, 0.4) is 0 Å². The second kappa shape index (κ2) is 6.30. The molecule has 1 aromatic rings. The number of nitrogens with one attached hydrogen (secondary N) is 1. The van der Waals surface area contributed by atoms with E-state index in [4.69, 9.17) is 0 Å². The Balaban J connectivity index is 1.70. The van der Waals surface area contributed by atoms with Gasteiger partial charge in [-0.15, -0.1) is 0 Å². The number of fused-ring (bicyclic) bond motifs is 1. The minimum absolute atomic E-state index is 0.600. The maximum Gasteiger partial charge on any atom is 0.0325 e. The quantitative estimate of drug-likeness (QED) is 0.798. The molecule has 0 aliphatic heterocycles. The van der Waals surface area contributed by atoms with E-state index in [1.807, 2.05) is 0 Å². The van der Waals surface area contributed by atoms with Gasteiger partial charge in [0.05, 0.1) is 0 Å². The lowest BCUT2D eigenvalue weighted by Crippen LogP contribution is -2.38. The molecule has 110 valence electrons. The fourth-order valence-electron chi connectivity index (χ4n) is 4.28. The molecular weight excluding hydrogens is 242 g/mol. The Kier molecular flexibility index (Phi) is 4.45. The third kappa shape index (κ3) is 2.93. The molecule has 4 unspecified atom stereocenters. The molecule has 1 fully saturated rings. The second-order valence-electron chi connectivity index (χ2n) is 6.96. The third-order valence-electron chi connectivity index (χ3n) is 5.59. The zero-order valence-corrected chi connectivity index (χ0v) is 13.1. The van der Waals surface area contributed by atoms with Crippen LogP contribution in [0.1, 0.15) is 81.9 Å². The van der Waals surface area contributed by atoms with Gasteiger partial charge in [-0.2, -0.15) is 0 Å². The first kappa shape index (κ1) is 14.1. The summed E-state index contributed by atoms with van der Waals surface area (Å²) in [5.41, 5.74) is 3.16. The van der Waals surface area contributed by atoms with Gasteiger partial charge in [-0.25, -0.2) is 0 Å². The van der Waals surface area contributed by atoms with Gasteiger partial charge in [0, 0.05) is 12.1 Å². The summed E-state index contributed by atoms with van der Waals surface area (Å²) in [6.07, 6.45) is 9.64. The van der Waals surface area contributed by atoms with E-state index in [2.05, 4.69) is 43.4 Å². The lowest BCUT2D eigenvalue weighted by atomic mass is 9.79. The van der Waals surface area contributed by atoms with Crippen molar-refractivity contribution >= 4 is 0 Å². The van der Waals surface area contributed by atoms with Crippen molar-refractivity contribution in [2.24, 2.45) is 5.92 Å². The Morgan fingerprint density at radius 3 is 2.65 bits per heavy atom. The Hall–Kier alpha value is -0.820. The van der Waals surface area contributed by atoms with Crippen molar-refractivity contribution in [1.82, 2.24) is 5.32 Å². The average Bonchev–Trinajstić information content (AvgIpc) is 2.51. The first-order valence-corrected chi connectivity index (χ1v) is 8.62. The monoisotopic (exact) mass is 271 g/mol. The summed E-state index contributed by atoms with van der Waals surface area (Å²) in [4.78, 5) is 0. The molecule has 0 radical (unpaired) electrons. The van der Waals surface area contributed by atoms with Gasteiger partial charge >= 0.3 is 0 Å². The lowest BCUT2D eigenvalue weighted by molar-refractivity contribution is 0.252. The Morgan fingerprint density at radius 2 is 1.85 bits per heavy atom. The molecule has 0 saturated heterocycles. The largest absolute Gasteiger partial charge is 0.307 e. The highest BCUT2D eigenvalue weighted by molar-refractivity contribution is 5.35. The van der Waals surface area contributed by atoms with Crippen LogP contribution in [0, 0.1) is 5.92 Å². The molecule has 1 nitrogen and oxygen atoms in total. The summed E-state index contributed by atoms with van der Waals surface area (Å²) in [6, 6.07) is 10.4. The van der Waals surface area contributed by atoms with Crippen LogP contribution in [0.2, 0.25) is 0 Å². The standard InChI is InChI=1S/C19H29N/c1-3-15-7-6-8-16(13-15)20-19-12-11-14(2)17-9-4-5-10-18(17)19/h4-5,9-10,14-16,19-20H,3,6-8,11-13H2,1-2H3. The lowest BCUT2D eigenvalue weighted by Gasteiger charge is -2.36. The van der Waals surface area contributed by atoms with Gasteiger partial charge in [0.15, 0.2) is 0 Å². The van der Waals surface area contributed by atoms with Crippen LogP contribution in [-0.4, -0.2) is 6.04 Å². The van der Waals surface area contributed by atoms with E-state index >= 15 is 0 Å². The zero-order valence-electron chi connectivity index (χ0n) is 13.1. The van der Waals surface area contributed by atoms with Crippen molar-refractivity contribution in [2.75, 3.05) is 0 Å². The number of rotatable bonds is 3. The van der Waals surface area contributed by atoms with Crippen LogP contribution in [-0.2, 0) is 0 Å². The molecule has 0 spiro atoms. The van der Waals surface area contributed by atoms with Crippen molar-refractivity contribution in [3.05, 3.63) is 35.4 Å². The van der Waals surface area contributed by atoms with Crippen LogP contribution in [0.4, 0.5) is 0 Å². The van der Waals surface area contributed by atoms with Gasteiger partial charge in [-0.05, 0) is 48.6 Å². The summed E-state index contributed by atoms with van der Waals surface area (Å²) < 4.78 is 0. The molecule has 0 amide bonds. The van der Waals surface area contributed by atoms with E-state index in [0.29, 0.717) is 6.04 Å². The first-order valence-electron chi connectivity index (χ1n) is 8.62. The second-order valence-corrected chi connectivity index (χ2v) is 6.96. The molecular formula is C19H29N. The minimum atomic E-state index is 0.600. The highest BCUT2D eigenvalue weighted by Crippen LogP contribution is 2.38. The number of hydrogen-bond donors (Lipinski definition) is 1. The summed E-state index contributed by atoms with van der Waals surface area (Å²) in [7, 11) is 0. The van der Waals surface area contributed by atoms with Crippen LogP contribution in [0.15, 0.2) is 24.3 Å². The average molecular weight is 271 g/mol. The molecule has 0 heterocycles. The van der Waals surface area contributed by atoms with E-state index < -0.39 is 0 Å². The molecule has 4 atom stereocenters. The van der Waals surface area contributed by atoms with E-state index in [1.165, 1.54) is 44.9 Å². The van der Waals surface area contributed by atoms with E-state index in [9.17, 15) is 0 Å². The van der Waals surface area contributed by atoms with Gasteiger partial charge < -0.3 is 5.32 Å². The highest BCUT2D eigenvalue weighted by Gasteiger charge is 2.28. The molecule has 1 saturated carbocycles. The van der Waals surface area contributed by atoms with Crippen molar-refractivity contribution in [2.45, 2.75) is 76.8 Å². The Bertz CT molecular complexity index is 439. The fourth-order valence-corrected chi connectivity index (χ4v) is 4.28. The molecule has 20 heavy (non-hydrogen) atoms. The molecule has 0 bridgehead atoms. The first-order chi connectivity index (χ1) is 9.78. The highest BCUT2D eigenvalue weighted by atomic mass is 15.0. The molecule has 1 heteroatoms. The van der Waals surface area contributed by atoms with Gasteiger partial charge in [-0.3, -0.25) is 0 Å². The van der Waals surface area contributed by atoms with Crippen LogP contribution in [0.25, 0.3) is 0 Å². The van der Waals surface area contributed by atoms with Crippen molar-refractivity contribution in [3.8, 4) is 0 Å². The molecule has 2 aliphatic rings. The maximum absolute atomic E-state index is 4.00. The fraction of sp³-hybridized carbons (Fsp3) is 0.684. The number of hydrogen-bond acceptors (Lipinski definition) is 1. The van der Waals surface area contributed by atoms with E-state index in [1.54, 1.807) is 11.1 Å². The summed E-state index contributed by atoms with van der Waals surface area (Å²) in [6.45, 7) is 4.73. The zero-order chi connectivity index (χ0) is 13.9. The van der Waals surface area contributed by atoms with Crippen molar-refractivity contribution < 1.29 is 0 Å². The smallest absolute Gasteiger partial charge is 0.0325 e. The molecule has 1 aromatic carbocycles. The minimum Gasteiger partial charge on any atom is -0.307 e. The van der Waals surface area contributed by atoms with Gasteiger partial charge in [-0.1, -0.05) is 57.4 Å². The topological polar surface area (TPSA) is 12.0 Å². The number of benzene rings is 1. The van der Waals surface area contributed by atoms with Crippen molar-refractivity contribution in [3.63, 3.8) is 0 Å². The predicted octanol–water partition coefficient (Wildman–Crippen LogP) is 5.18. The van der Waals surface area contributed by atoms with Crippen LogP contribution < -0.4 is 5.32 Å². The van der Waals surface area contributed by atoms with E-state index in [0.717, 1.165) is 17.9 Å². The normalized spacial score (nSPS) is 33.7. The predicted molar refractivity (Wildman–Crippen MR) is 86.0 cm³/mol. The molecule has 2 aliphatic carbocycles. The Labute approximate surface area is 124 Å². The summed E-state index contributed by atoms with van der Waals surface area (Å²) in [5.74, 6) is 1.69. The molecule has 0 aromatic heterocycles. The SMILES string of the molecule is CCC1CCCC(NC2CCC(C)c3ccccc32)C1. The van der Waals surface area contributed by atoms with Gasteiger partial charge in [0.25, 0.3) is 0 Å². The molecule has 3 rings (SSSR count). The molecule has 1 N–H and O–H groups in total. The van der Waals surface area contributed by atoms with E-state index in [-0.39, 0.29) is 0 Å². The summed E-state index contributed by atoms with van der Waals surface area (Å²) in [5, 5.41) is 4.00. The van der Waals surface area contributed by atoms with Crippen LogP contribution >= 0.6 is 0 Å². The van der Waals surface area contributed by atoms with Gasteiger partial charge in [0.2, 0.25) is 0 Å². The Morgan fingerprint density at radius 1 is 1.05 bits per heavy atom.